The zero-order chi connectivity index (χ0) is 17.3. The van der Waals surface area contributed by atoms with Gasteiger partial charge in [-0.1, -0.05) is 23.8 Å². The normalized spacial score (nSPS) is 10.8. The number of carbonyl (C=O) groups excluding carboxylic acids is 1. The fourth-order valence-electron chi connectivity index (χ4n) is 2.86. The average molecular weight is 320 g/mol. The predicted octanol–water partition coefficient (Wildman–Crippen LogP) is 3.89. The molecule has 122 valence electrons. The van der Waals surface area contributed by atoms with Gasteiger partial charge < -0.3 is 9.88 Å². The molecule has 0 aliphatic rings. The lowest BCUT2D eigenvalue weighted by atomic mass is 10.1. The van der Waals surface area contributed by atoms with Crippen molar-refractivity contribution in [1.29, 1.82) is 0 Å². The molecule has 0 fully saturated rings. The van der Waals surface area contributed by atoms with Crippen LogP contribution in [0, 0.1) is 13.8 Å². The number of aryl methyl sites for hydroxylation is 3. The van der Waals surface area contributed by atoms with Gasteiger partial charge in [0, 0.05) is 23.8 Å². The van der Waals surface area contributed by atoms with Crippen molar-refractivity contribution in [2.75, 3.05) is 5.32 Å². The fraction of sp³-hybridized carbons (Fsp3) is 0.200. The Kier molecular flexibility index (Phi) is 4.21. The van der Waals surface area contributed by atoms with Crippen molar-refractivity contribution in [3.8, 4) is 0 Å². The first-order chi connectivity index (χ1) is 11.5. The lowest BCUT2D eigenvalue weighted by molar-refractivity contribution is 0.102. The quantitative estimate of drug-likeness (QED) is 0.796. The molecule has 1 aromatic heterocycles. The van der Waals surface area contributed by atoms with Gasteiger partial charge in [-0.25, -0.2) is 0 Å². The maximum absolute atomic E-state index is 12.8. The molecule has 1 heterocycles. The summed E-state index contributed by atoms with van der Waals surface area (Å²) in [6.45, 7) is 6.57. The lowest BCUT2D eigenvalue weighted by Crippen LogP contribution is -2.24. The number of pyridine rings is 1. The molecule has 2 aromatic carbocycles. The third kappa shape index (κ3) is 2.95. The molecule has 0 saturated carbocycles. The molecule has 0 spiro atoms. The Labute approximate surface area is 140 Å². The first-order valence-electron chi connectivity index (χ1n) is 8.01. The first kappa shape index (κ1) is 16.0. The van der Waals surface area contributed by atoms with Crippen LogP contribution in [0.3, 0.4) is 0 Å². The Hall–Kier alpha value is -2.88. The van der Waals surface area contributed by atoms with Crippen LogP contribution in [0.2, 0.25) is 0 Å². The number of anilines is 1. The van der Waals surface area contributed by atoms with E-state index < -0.39 is 0 Å². The van der Waals surface area contributed by atoms with E-state index in [1.54, 1.807) is 6.20 Å². The second kappa shape index (κ2) is 6.32. The molecule has 0 saturated heterocycles. The standard InChI is InChI=1S/C20H20N2O2/c1-4-22-12-17(19(23)16-11-14(3)8-9-18(16)22)20(24)21-15-7-5-6-13(2)10-15/h5-12H,4H2,1-3H3,(H,21,24). The molecule has 0 aliphatic carbocycles. The maximum Gasteiger partial charge on any atom is 0.261 e. The molecule has 4 heteroatoms. The zero-order valence-electron chi connectivity index (χ0n) is 14.1. The van der Waals surface area contributed by atoms with E-state index in [0.717, 1.165) is 16.6 Å². The SMILES string of the molecule is CCn1cc(C(=O)Nc2cccc(C)c2)c(=O)c2cc(C)ccc21. The molecule has 3 rings (SSSR count). The highest BCUT2D eigenvalue weighted by molar-refractivity contribution is 6.05. The second-order valence-corrected chi connectivity index (χ2v) is 6.00. The van der Waals surface area contributed by atoms with Gasteiger partial charge in [0.25, 0.3) is 5.91 Å². The molecule has 0 bridgehead atoms. The topological polar surface area (TPSA) is 51.1 Å². The molecule has 1 N–H and O–H groups in total. The van der Waals surface area contributed by atoms with Crippen LogP contribution in [0.5, 0.6) is 0 Å². The summed E-state index contributed by atoms with van der Waals surface area (Å²) in [6.07, 6.45) is 1.64. The number of rotatable bonds is 3. The van der Waals surface area contributed by atoms with Gasteiger partial charge in [0.2, 0.25) is 5.43 Å². The van der Waals surface area contributed by atoms with Crippen molar-refractivity contribution < 1.29 is 4.79 Å². The molecule has 0 atom stereocenters. The third-order valence-electron chi connectivity index (χ3n) is 4.10. The van der Waals surface area contributed by atoms with Gasteiger partial charge >= 0.3 is 0 Å². The number of nitrogens with one attached hydrogen (secondary N) is 1. The largest absolute Gasteiger partial charge is 0.347 e. The van der Waals surface area contributed by atoms with E-state index in [0.29, 0.717) is 17.6 Å². The van der Waals surface area contributed by atoms with Crippen molar-refractivity contribution >= 4 is 22.5 Å². The van der Waals surface area contributed by atoms with Crippen molar-refractivity contribution in [3.05, 3.63) is 75.6 Å². The van der Waals surface area contributed by atoms with Gasteiger partial charge in [0.1, 0.15) is 5.56 Å². The summed E-state index contributed by atoms with van der Waals surface area (Å²) in [5.41, 5.74) is 3.51. The van der Waals surface area contributed by atoms with Crippen LogP contribution in [-0.2, 0) is 6.54 Å². The van der Waals surface area contributed by atoms with Crippen LogP contribution in [0.15, 0.2) is 53.5 Å². The molecular weight excluding hydrogens is 300 g/mol. The molecule has 0 radical (unpaired) electrons. The first-order valence-corrected chi connectivity index (χ1v) is 8.01. The summed E-state index contributed by atoms with van der Waals surface area (Å²) >= 11 is 0. The van der Waals surface area contributed by atoms with Gasteiger partial charge in [0.05, 0.1) is 5.52 Å². The summed E-state index contributed by atoms with van der Waals surface area (Å²) in [5.74, 6) is -0.379. The Morgan fingerprint density at radius 2 is 1.83 bits per heavy atom. The molecule has 0 unspecified atom stereocenters. The van der Waals surface area contributed by atoms with Crippen molar-refractivity contribution in [2.24, 2.45) is 0 Å². The summed E-state index contributed by atoms with van der Waals surface area (Å²) in [4.78, 5) is 25.4. The van der Waals surface area contributed by atoms with Gasteiger partial charge in [-0.15, -0.1) is 0 Å². The summed E-state index contributed by atoms with van der Waals surface area (Å²) in [5, 5.41) is 3.40. The lowest BCUT2D eigenvalue weighted by Gasteiger charge is -2.12. The maximum atomic E-state index is 12.8. The van der Waals surface area contributed by atoms with E-state index >= 15 is 0 Å². The Morgan fingerprint density at radius 3 is 2.54 bits per heavy atom. The van der Waals surface area contributed by atoms with Crippen molar-refractivity contribution in [1.82, 2.24) is 4.57 Å². The van der Waals surface area contributed by atoms with Gasteiger partial charge in [-0.3, -0.25) is 9.59 Å². The minimum absolute atomic E-state index is 0.163. The number of nitrogens with zero attached hydrogens (tertiary/aromatic N) is 1. The Morgan fingerprint density at radius 1 is 1.08 bits per heavy atom. The van der Waals surface area contributed by atoms with E-state index in [9.17, 15) is 9.59 Å². The monoisotopic (exact) mass is 320 g/mol. The summed E-state index contributed by atoms with van der Waals surface area (Å²) < 4.78 is 1.93. The highest BCUT2D eigenvalue weighted by atomic mass is 16.2. The van der Waals surface area contributed by atoms with Crippen LogP contribution < -0.4 is 10.7 Å². The van der Waals surface area contributed by atoms with E-state index in [2.05, 4.69) is 5.32 Å². The Bertz CT molecular complexity index is 987. The van der Waals surface area contributed by atoms with Gasteiger partial charge in [-0.05, 0) is 50.6 Å². The summed E-state index contributed by atoms with van der Waals surface area (Å²) in [7, 11) is 0. The molecular formula is C20H20N2O2. The van der Waals surface area contributed by atoms with Gasteiger partial charge in [-0.2, -0.15) is 0 Å². The highest BCUT2D eigenvalue weighted by Crippen LogP contribution is 2.16. The number of aromatic nitrogens is 1. The molecule has 1 amide bonds. The fourth-order valence-corrected chi connectivity index (χ4v) is 2.86. The van der Waals surface area contributed by atoms with Crippen LogP contribution in [0.1, 0.15) is 28.4 Å². The molecule has 24 heavy (non-hydrogen) atoms. The average Bonchev–Trinajstić information content (AvgIpc) is 2.55. The third-order valence-corrected chi connectivity index (χ3v) is 4.10. The highest BCUT2D eigenvalue weighted by Gasteiger charge is 2.15. The predicted molar refractivity (Wildman–Crippen MR) is 97.8 cm³/mol. The van der Waals surface area contributed by atoms with Crippen LogP contribution >= 0.6 is 0 Å². The van der Waals surface area contributed by atoms with Crippen LogP contribution in [-0.4, -0.2) is 10.5 Å². The van der Waals surface area contributed by atoms with Crippen LogP contribution in [0.25, 0.3) is 10.9 Å². The molecule has 4 nitrogen and oxygen atoms in total. The number of carbonyl (C=O) groups is 1. The van der Waals surface area contributed by atoms with E-state index in [1.807, 2.05) is 67.8 Å². The summed E-state index contributed by atoms with van der Waals surface area (Å²) in [6, 6.07) is 13.3. The van der Waals surface area contributed by atoms with Crippen LogP contribution in [0.4, 0.5) is 5.69 Å². The molecule has 0 aliphatic heterocycles. The zero-order valence-corrected chi connectivity index (χ0v) is 14.1. The second-order valence-electron chi connectivity index (χ2n) is 6.00. The van der Waals surface area contributed by atoms with Crippen molar-refractivity contribution in [3.63, 3.8) is 0 Å². The number of benzene rings is 2. The minimum atomic E-state index is -0.379. The number of hydrogen-bond acceptors (Lipinski definition) is 2. The molecule has 3 aromatic rings. The Balaban J connectivity index is 2.10. The smallest absolute Gasteiger partial charge is 0.261 e. The number of amides is 1. The van der Waals surface area contributed by atoms with Gasteiger partial charge in [0.15, 0.2) is 0 Å². The number of hydrogen-bond donors (Lipinski definition) is 1. The minimum Gasteiger partial charge on any atom is -0.347 e. The van der Waals surface area contributed by atoms with E-state index in [-0.39, 0.29) is 16.9 Å². The number of fused-ring (bicyclic) bond motifs is 1. The van der Waals surface area contributed by atoms with E-state index in [1.165, 1.54) is 0 Å². The van der Waals surface area contributed by atoms with E-state index in [4.69, 9.17) is 0 Å². The van der Waals surface area contributed by atoms with Crippen molar-refractivity contribution in [2.45, 2.75) is 27.3 Å².